The van der Waals surface area contributed by atoms with Gasteiger partial charge in [-0.25, -0.2) is 0 Å². The van der Waals surface area contributed by atoms with Gasteiger partial charge in [0.15, 0.2) is 5.96 Å². The molecule has 7 heteroatoms. The summed E-state index contributed by atoms with van der Waals surface area (Å²) >= 11 is 0. The summed E-state index contributed by atoms with van der Waals surface area (Å²) in [6, 6.07) is 5.49. The highest BCUT2D eigenvalue weighted by Crippen LogP contribution is 2.28. The number of morpholine rings is 1. The highest BCUT2D eigenvalue weighted by molar-refractivity contribution is 5.93. The molecule has 1 aliphatic heterocycles. The first-order valence-electron chi connectivity index (χ1n) is 8.68. The van der Waals surface area contributed by atoms with Gasteiger partial charge in [0, 0.05) is 32.2 Å². The van der Waals surface area contributed by atoms with Gasteiger partial charge in [-0.2, -0.15) is 0 Å². The summed E-state index contributed by atoms with van der Waals surface area (Å²) < 4.78 is 16.3. The van der Waals surface area contributed by atoms with E-state index in [-0.39, 0.29) is 0 Å². The van der Waals surface area contributed by atoms with E-state index < -0.39 is 0 Å². The Balaban J connectivity index is 1.82. The summed E-state index contributed by atoms with van der Waals surface area (Å²) in [5, 5.41) is 3.08. The second kappa shape index (κ2) is 9.48. The molecule has 1 fully saturated rings. The van der Waals surface area contributed by atoms with Gasteiger partial charge in [-0.3, -0.25) is 9.89 Å². The zero-order valence-corrected chi connectivity index (χ0v) is 15.6. The topological polar surface area (TPSA) is 81.3 Å². The fraction of sp³-hybridized carbons (Fsp3) is 0.611. The van der Waals surface area contributed by atoms with Gasteiger partial charge < -0.3 is 25.3 Å². The molecule has 140 valence electrons. The molecule has 3 N–H and O–H groups in total. The molecule has 1 heterocycles. The maximum atomic E-state index is 5.99. The minimum absolute atomic E-state index is 0.291. The summed E-state index contributed by atoms with van der Waals surface area (Å²) in [5.74, 6) is 1.79. The van der Waals surface area contributed by atoms with E-state index in [0.717, 1.165) is 37.5 Å². The first kappa shape index (κ1) is 19.3. The SMILES string of the molecule is COc1ccc(OC)c(NC(N)=NCCCN2CC(C)OC(C)C2)c1. The van der Waals surface area contributed by atoms with E-state index in [1.807, 2.05) is 18.2 Å². The van der Waals surface area contributed by atoms with Crippen LogP contribution in [0.25, 0.3) is 0 Å². The lowest BCUT2D eigenvalue weighted by Crippen LogP contribution is -2.45. The van der Waals surface area contributed by atoms with Crippen molar-refractivity contribution in [1.82, 2.24) is 4.90 Å². The molecule has 0 saturated carbocycles. The Morgan fingerprint density at radius 2 is 2.00 bits per heavy atom. The van der Waals surface area contributed by atoms with Crippen LogP contribution >= 0.6 is 0 Å². The predicted molar refractivity (Wildman–Crippen MR) is 101 cm³/mol. The lowest BCUT2D eigenvalue weighted by Gasteiger charge is -2.35. The summed E-state index contributed by atoms with van der Waals surface area (Å²) in [4.78, 5) is 6.82. The minimum atomic E-state index is 0.291. The Bertz CT molecular complexity index is 569. The highest BCUT2D eigenvalue weighted by atomic mass is 16.5. The fourth-order valence-electron chi connectivity index (χ4n) is 3.05. The van der Waals surface area contributed by atoms with Crippen LogP contribution in [-0.4, -0.2) is 63.5 Å². The number of nitrogens with zero attached hydrogens (tertiary/aromatic N) is 2. The number of benzene rings is 1. The maximum absolute atomic E-state index is 5.99. The van der Waals surface area contributed by atoms with E-state index in [2.05, 4.69) is 29.1 Å². The number of ether oxygens (including phenoxy) is 3. The monoisotopic (exact) mass is 350 g/mol. The van der Waals surface area contributed by atoms with Crippen molar-refractivity contribution in [1.29, 1.82) is 0 Å². The van der Waals surface area contributed by atoms with Crippen molar-refractivity contribution in [3.8, 4) is 11.5 Å². The molecule has 1 aromatic carbocycles. The Hall–Kier alpha value is -1.99. The molecule has 0 aliphatic carbocycles. The number of anilines is 1. The quantitative estimate of drug-likeness (QED) is 0.444. The summed E-state index contributed by atoms with van der Waals surface area (Å²) in [6.45, 7) is 7.85. The molecule has 2 rings (SSSR count). The number of nitrogens with two attached hydrogens (primary N) is 1. The van der Waals surface area contributed by atoms with Crippen LogP contribution in [0.5, 0.6) is 11.5 Å². The molecule has 0 radical (unpaired) electrons. The lowest BCUT2D eigenvalue weighted by atomic mass is 10.2. The van der Waals surface area contributed by atoms with Gasteiger partial charge in [-0.15, -0.1) is 0 Å². The first-order chi connectivity index (χ1) is 12.0. The fourth-order valence-corrected chi connectivity index (χ4v) is 3.05. The minimum Gasteiger partial charge on any atom is -0.497 e. The third-order valence-corrected chi connectivity index (χ3v) is 4.08. The molecule has 1 aliphatic rings. The molecule has 0 bridgehead atoms. The van der Waals surface area contributed by atoms with Gasteiger partial charge in [0.25, 0.3) is 0 Å². The molecule has 0 spiro atoms. The van der Waals surface area contributed by atoms with Gasteiger partial charge in [0.1, 0.15) is 11.5 Å². The van der Waals surface area contributed by atoms with Crippen LogP contribution < -0.4 is 20.5 Å². The second-order valence-electron chi connectivity index (χ2n) is 6.33. The molecule has 7 nitrogen and oxygen atoms in total. The number of hydrogen-bond acceptors (Lipinski definition) is 5. The molecule has 25 heavy (non-hydrogen) atoms. The van der Waals surface area contributed by atoms with Gasteiger partial charge in [0.05, 0.1) is 32.1 Å². The van der Waals surface area contributed by atoms with Crippen molar-refractivity contribution in [2.45, 2.75) is 32.5 Å². The number of hydrogen-bond donors (Lipinski definition) is 2. The Labute approximate surface area is 150 Å². The van der Waals surface area contributed by atoms with E-state index in [1.54, 1.807) is 14.2 Å². The number of aliphatic imine (C=N–C) groups is 1. The average molecular weight is 350 g/mol. The first-order valence-corrected chi connectivity index (χ1v) is 8.68. The Morgan fingerprint density at radius 1 is 1.28 bits per heavy atom. The Morgan fingerprint density at radius 3 is 2.64 bits per heavy atom. The van der Waals surface area contributed by atoms with Crippen LogP contribution in [0.15, 0.2) is 23.2 Å². The third-order valence-electron chi connectivity index (χ3n) is 4.08. The van der Waals surface area contributed by atoms with Gasteiger partial charge in [0.2, 0.25) is 0 Å². The van der Waals surface area contributed by atoms with Crippen LogP contribution in [-0.2, 0) is 4.74 Å². The van der Waals surface area contributed by atoms with Crippen molar-refractivity contribution in [3.05, 3.63) is 18.2 Å². The lowest BCUT2D eigenvalue weighted by molar-refractivity contribution is -0.0679. The summed E-state index contributed by atoms with van der Waals surface area (Å²) in [6.07, 6.45) is 1.54. The smallest absolute Gasteiger partial charge is 0.193 e. The van der Waals surface area contributed by atoms with Gasteiger partial charge >= 0.3 is 0 Å². The molecule has 1 saturated heterocycles. The zero-order valence-electron chi connectivity index (χ0n) is 15.6. The molecular weight excluding hydrogens is 320 g/mol. The summed E-state index contributed by atoms with van der Waals surface area (Å²) in [5.41, 5.74) is 6.73. The Kier molecular flexibility index (Phi) is 7.33. The predicted octanol–water partition coefficient (Wildman–Crippen LogP) is 1.93. The largest absolute Gasteiger partial charge is 0.497 e. The van der Waals surface area contributed by atoms with Crippen LogP contribution in [0, 0.1) is 0 Å². The van der Waals surface area contributed by atoms with Crippen LogP contribution in [0.4, 0.5) is 5.69 Å². The molecule has 2 unspecified atom stereocenters. The average Bonchev–Trinajstić information content (AvgIpc) is 2.58. The summed E-state index contributed by atoms with van der Waals surface area (Å²) in [7, 11) is 3.24. The molecule has 0 aromatic heterocycles. The molecule has 1 aromatic rings. The second-order valence-corrected chi connectivity index (χ2v) is 6.33. The van der Waals surface area contributed by atoms with E-state index in [1.165, 1.54) is 0 Å². The third kappa shape index (κ3) is 6.10. The van der Waals surface area contributed by atoms with Crippen molar-refractivity contribution in [3.63, 3.8) is 0 Å². The van der Waals surface area contributed by atoms with E-state index in [0.29, 0.717) is 30.5 Å². The maximum Gasteiger partial charge on any atom is 0.193 e. The number of guanidine groups is 1. The van der Waals surface area contributed by atoms with E-state index in [9.17, 15) is 0 Å². The van der Waals surface area contributed by atoms with Crippen molar-refractivity contribution in [2.75, 3.05) is 45.7 Å². The zero-order chi connectivity index (χ0) is 18.2. The highest BCUT2D eigenvalue weighted by Gasteiger charge is 2.21. The number of rotatable bonds is 7. The van der Waals surface area contributed by atoms with Crippen molar-refractivity contribution >= 4 is 11.6 Å². The molecule has 2 atom stereocenters. The normalized spacial score (nSPS) is 21.8. The van der Waals surface area contributed by atoms with E-state index in [4.69, 9.17) is 19.9 Å². The van der Waals surface area contributed by atoms with Crippen LogP contribution in [0.1, 0.15) is 20.3 Å². The van der Waals surface area contributed by atoms with Gasteiger partial charge in [-0.05, 0) is 32.4 Å². The molecular formula is C18H30N4O3. The van der Waals surface area contributed by atoms with Crippen LogP contribution in [0.3, 0.4) is 0 Å². The van der Waals surface area contributed by atoms with Crippen LogP contribution in [0.2, 0.25) is 0 Å². The number of methoxy groups -OCH3 is 2. The molecule has 0 amide bonds. The van der Waals surface area contributed by atoms with Crippen molar-refractivity contribution < 1.29 is 14.2 Å². The van der Waals surface area contributed by atoms with E-state index >= 15 is 0 Å². The van der Waals surface area contributed by atoms with Gasteiger partial charge in [-0.1, -0.05) is 0 Å². The van der Waals surface area contributed by atoms with Crippen molar-refractivity contribution in [2.24, 2.45) is 10.7 Å². The standard InChI is InChI=1S/C18H30N4O3/c1-13-11-22(12-14(2)25-13)9-5-8-20-18(19)21-16-10-15(23-3)6-7-17(16)24-4/h6-7,10,13-14H,5,8-9,11-12H2,1-4H3,(H3,19,20,21). The number of nitrogens with one attached hydrogen (secondary N) is 1.